The Bertz CT molecular complexity index is 657. The first-order valence-electron chi connectivity index (χ1n) is 6.00. The third kappa shape index (κ3) is 3.56. The fourth-order valence-electron chi connectivity index (χ4n) is 1.72. The molecule has 0 radical (unpaired) electrons. The summed E-state index contributed by atoms with van der Waals surface area (Å²) in [6.07, 6.45) is 3.22. The van der Waals surface area contributed by atoms with Crippen molar-refractivity contribution in [2.24, 2.45) is 0 Å². The molecule has 2 aromatic rings. The van der Waals surface area contributed by atoms with E-state index in [0.717, 1.165) is 17.7 Å². The lowest BCUT2D eigenvalue weighted by atomic mass is 10.1. The Morgan fingerprint density at radius 1 is 1.48 bits per heavy atom. The van der Waals surface area contributed by atoms with Gasteiger partial charge >= 0.3 is 12.0 Å². The number of carboxylic acids is 1. The molecule has 3 N–H and O–H groups in total. The van der Waals surface area contributed by atoms with Crippen LogP contribution in [-0.4, -0.2) is 39.3 Å². The highest BCUT2D eigenvalue weighted by Crippen LogP contribution is 2.17. The first-order chi connectivity index (χ1) is 9.97. The molecule has 0 spiro atoms. The van der Waals surface area contributed by atoms with Gasteiger partial charge in [-0.1, -0.05) is 0 Å². The molecule has 0 fully saturated rings. The number of anilines is 1. The SMILES string of the molecule is CN(Cc1cn[nH]c1)C(=O)Nc1ccc(F)cc1C(=O)O. The number of urea groups is 1. The molecule has 0 saturated carbocycles. The van der Waals surface area contributed by atoms with Crippen LogP contribution in [0.3, 0.4) is 0 Å². The number of carbonyl (C=O) groups excluding carboxylic acids is 1. The molecule has 1 aromatic carbocycles. The molecule has 0 bridgehead atoms. The first-order valence-corrected chi connectivity index (χ1v) is 6.00. The van der Waals surface area contributed by atoms with Gasteiger partial charge in [0.2, 0.25) is 0 Å². The number of halogens is 1. The number of benzene rings is 1. The Kier molecular flexibility index (Phi) is 4.17. The third-order valence-corrected chi connectivity index (χ3v) is 2.77. The van der Waals surface area contributed by atoms with Crippen LogP contribution in [0.15, 0.2) is 30.6 Å². The number of nitrogens with zero attached hydrogens (tertiary/aromatic N) is 2. The fourth-order valence-corrected chi connectivity index (χ4v) is 1.72. The number of carboxylic acid groups (broad SMARTS) is 1. The number of H-pyrrole nitrogens is 1. The first kappa shape index (κ1) is 14.5. The molecule has 1 aromatic heterocycles. The molecule has 7 nitrogen and oxygen atoms in total. The fraction of sp³-hybridized carbons (Fsp3) is 0.154. The van der Waals surface area contributed by atoms with Crippen molar-refractivity contribution in [1.82, 2.24) is 15.1 Å². The highest BCUT2D eigenvalue weighted by atomic mass is 19.1. The smallest absolute Gasteiger partial charge is 0.337 e. The van der Waals surface area contributed by atoms with Gasteiger partial charge in [-0.2, -0.15) is 5.10 Å². The van der Waals surface area contributed by atoms with Crippen molar-refractivity contribution in [3.05, 3.63) is 47.5 Å². The van der Waals surface area contributed by atoms with E-state index in [4.69, 9.17) is 5.11 Å². The zero-order chi connectivity index (χ0) is 15.4. The van der Waals surface area contributed by atoms with Gasteiger partial charge in [0, 0.05) is 18.8 Å². The number of aromatic amines is 1. The topological polar surface area (TPSA) is 98.3 Å². The summed E-state index contributed by atoms with van der Waals surface area (Å²) in [5.74, 6) is -2.00. The monoisotopic (exact) mass is 292 g/mol. The molecule has 110 valence electrons. The van der Waals surface area contributed by atoms with Crippen molar-refractivity contribution in [2.45, 2.75) is 6.54 Å². The van der Waals surface area contributed by atoms with Crippen molar-refractivity contribution in [3.63, 3.8) is 0 Å². The number of rotatable bonds is 4. The normalized spacial score (nSPS) is 10.2. The predicted octanol–water partition coefficient (Wildman–Crippen LogP) is 1.91. The molecular weight excluding hydrogens is 279 g/mol. The van der Waals surface area contributed by atoms with Crippen LogP contribution in [0.5, 0.6) is 0 Å². The summed E-state index contributed by atoms with van der Waals surface area (Å²) in [7, 11) is 1.55. The quantitative estimate of drug-likeness (QED) is 0.801. The van der Waals surface area contributed by atoms with Gasteiger partial charge in [0.1, 0.15) is 5.82 Å². The van der Waals surface area contributed by atoms with Gasteiger partial charge < -0.3 is 15.3 Å². The number of amides is 2. The molecule has 0 saturated heterocycles. The van der Waals surface area contributed by atoms with Gasteiger partial charge in [-0.3, -0.25) is 5.10 Å². The molecule has 2 amide bonds. The summed E-state index contributed by atoms with van der Waals surface area (Å²) in [6.45, 7) is 0.298. The van der Waals surface area contributed by atoms with Crippen LogP contribution in [0.4, 0.5) is 14.9 Å². The van der Waals surface area contributed by atoms with E-state index in [0.29, 0.717) is 6.54 Å². The van der Waals surface area contributed by atoms with E-state index >= 15 is 0 Å². The molecule has 0 aliphatic rings. The second kappa shape index (κ2) is 6.04. The minimum absolute atomic E-state index is 0.0351. The van der Waals surface area contributed by atoms with E-state index in [1.807, 2.05) is 0 Å². The molecule has 1 heterocycles. The summed E-state index contributed by atoms with van der Waals surface area (Å²) >= 11 is 0. The lowest BCUT2D eigenvalue weighted by Gasteiger charge is -2.18. The summed E-state index contributed by atoms with van der Waals surface area (Å²) in [4.78, 5) is 24.4. The van der Waals surface area contributed by atoms with Crippen molar-refractivity contribution in [1.29, 1.82) is 0 Å². The maximum Gasteiger partial charge on any atom is 0.337 e. The van der Waals surface area contributed by atoms with Gasteiger partial charge in [0.25, 0.3) is 0 Å². The molecule has 0 atom stereocenters. The van der Waals surface area contributed by atoms with Crippen LogP contribution >= 0.6 is 0 Å². The van der Waals surface area contributed by atoms with Crippen LogP contribution in [0.25, 0.3) is 0 Å². The second-order valence-corrected chi connectivity index (χ2v) is 4.39. The maximum atomic E-state index is 13.1. The largest absolute Gasteiger partial charge is 0.478 e. The van der Waals surface area contributed by atoms with Crippen LogP contribution in [0.1, 0.15) is 15.9 Å². The van der Waals surface area contributed by atoms with Gasteiger partial charge in [-0.25, -0.2) is 14.0 Å². The molecular formula is C13H13FN4O3. The van der Waals surface area contributed by atoms with Gasteiger partial charge in [-0.05, 0) is 18.2 Å². The maximum absolute atomic E-state index is 13.1. The highest BCUT2D eigenvalue weighted by Gasteiger charge is 2.16. The second-order valence-electron chi connectivity index (χ2n) is 4.39. The summed E-state index contributed by atoms with van der Waals surface area (Å²) in [5, 5.41) is 17.8. The van der Waals surface area contributed by atoms with E-state index in [1.165, 1.54) is 11.0 Å². The summed E-state index contributed by atoms with van der Waals surface area (Å²) in [5.41, 5.74) is 0.526. The Morgan fingerprint density at radius 2 is 2.24 bits per heavy atom. The van der Waals surface area contributed by atoms with Crippen molar-refractivity contribution in [2.75, 3.05) is 12.4 Å². The molecule has 2 rings (SSSR count). The number of hydrogen-bond donors (Lipinski definition) is 3. The minimum atomic E-state index is -1.32. The molecule has 0 unspecified atom stereocenters. The van der Waals surface area contributed by atoms with Crippen LogP contribution in [-0.2, 0) is 6.54 Å². The lowest BCUT2D eigenvalue weighted by molar-refractivity contribution is 0.0697. The van der Waals surface area contributed by atoms with E-state index in [-0.39, 0.29) is 11.3 Å². The Morgan fingerprint density at radius 3 is 2.86 bits per heavy atom. The van der Waals surface area contributed by atoms with Crippen LogP contribution in [0.2, 0.25) is 0 Å². The van der Waals surface area contributed by atoms with Crippen LogP contribution < -0.4 is 5.32 Å². The number of hydrogen-bond acceptors (Lipinski definition) is 3. The number of nitrogens with one attached hydrogen (secondary N) is 2. The third-order valence-electron chi connectivity index (χ3n) is 2.77. The minimum Gasteiger partial charge on any atom is -0.478 e. The predicted molar refractivity (Wildman–Crippen MR) is 72.4 cm³/mol. The molecule has 0 aliphatic heterocycles. The molecule has 8 heteroatoms. The number of aromatic nitrogens is 2. The van der Waals surface area contributed by atoms with Crippen molar-refractivity contribution < 1.29 is 19.1 Å². The van der Waals surface area contributed by atoms with Crippen molar-refractivity contribution >= 4 is 17.7 Å². The Hall–Kier alpha value is -2.90. The van der Waals surface area contributed by atoms with Crippen molar-refractivity contribution in [3.8, 4) is 0 Å². The Labute approximate surface area is 119 Å². The summed E-state index contributed by atoms with van der Waals surface area (Å²) in [6, 6.07) is 2.64. The number of aromatic carboxylic acids is 1. The van der Waals surface area contributed by atoms with Crippen LogP contribution in [0, 0.1) is 5.82 Å². The highest BCUT2D eigenvalue weighted by molar-refractivity contribution is 5.99. The van der Waals surface area contributed by atoms with Gasteiger partial charge in [0.05, 0.1) is 24.0 Å². The standard InChI is InChI=1S/C13H13FN4O3/c1-18(7-8-5-15-16-6-8)13(21)17-11-3-2-9(14)4-10(11)12(19)20/h2-6H,7H2,1H3,(H,15,16)(H,17,21)(H,19,20). The lowest BCUT2D eigenvalue weighted by Crippen LogP contribution is -2.31. The summed E-state index contributed by atoms with van der Waals surface area (Å²) < 4.78 is 13.1. The zero-order valence-corrected chi connectivity index (χ0v) is 11.1. The number of carbonyl (C=O) groups is 2. The zero-order valence-electron chi connectivity index (χ0n) is 11.1. The van der Waals surface area contributed by atoms with Gasteiger partial charge in [0.15, 0.2) is 0 Å². The average Bonchev–Trinajstić information content (AvgIpc) is 2.93. The van der Waals surface area contributed by atoms with E-state index in [2.05, 4.69) is 15.5 Å². The van der Waals surface area contributed by atoms with E-state index < -0.39 is 17.8 Å². The van der Waals surface area contributed by atoms with E-state index in [1.54, 1.807) is 19.4 Å². The van der Waals surface area contributed by atoms with Gasteiger partial charge in [-0.15, -0.1) is 0 Å². The Balaban J connectivity index is 2.10. The average molecular weight is 292 g/mol. The van der Waals surface area contributed by atoms with E-state index in [9.17, 15) is 14.0 Å². The molecule has 21 heavy (non-hydrogen) atoms. The molecule has 0 aliphatic carbocycles.